The minimum Gasteiger partial charge on any atom is -0.466 e. The van der Waals surface area contributed by atoms with Crippen molar-refractivity contribution in [1.29, 1.82) is 0 Å². The van der Waals surface area contributed by atoms with Crippen LogP contribution in [0.2, 0.25) is 0 Å². The number of ketones is 1. The fourth-order valence-electron chi connectivity index (χ4n) is 2.41. The number of rotatable bonds is 6. The van der Waals surface area contributed by atoms with Crippen molar-refractivity contribution < 1.29 is 19.4 Å². The number of hydrogen-bond donors (Lipinski definition) is 1. The van der Waals surface area contributed by atoms with Gasteiger partial charge in [-0.05, 0) is 25.3 Å². The van der Waals surface area contributed by atoms with E-state index >= 15 is 0 Å². The number of ether oxygens (including phenoxy) is 1. The van der Waals surface area contributed by atoms with Crippen LogP contribution in [-0.4, -0.2) is 35.1 Å². The van der Waals surface area contributed by atoms with Crippen molar-refractivity contribution in [3.8, 4) is 0 Å². The summed E-state index contributed by atoms with van der Waals surface area (Å²) in [5.74, 6) is -0.978. The monoisotopic (exact) mass is 269 g/mol. The molecule has 19 heavy (non-hydrogen) atoms. The van der Waals surface area contributed by atoms with Gasteiger partial charge < -0.3 is 9.84 Å². The van der Waals surface area contributed by atoms with Gasteiger partial charge in [0.15, 0.2) is 0 Å². The van der Waals surface area contributed by atoms with Crippen molar-refractivity contribution in [3.63, 3.8) is 0 Å². The molecule has 0 aliphatic heterocycles. The highest BCUT2D eigenvalue weighted by atomic mass is 16.5. The normalized spacial score (nSPS) is 26.3. The number of azide groups is 1. The second-order valence-electron chi connectivity index (χ2n) is 4.77. The Bertz CT molecular complexity index is 392. The van der Waals surface area contributed by atoms with E-state index in [0.717, 1.165) is 12.8 Å². The molecule has 7 nitrogen and oxygen atoms in total. The molecule has 0 saturated heterocycles. The van der Waals surface area contributed by atoms with Crippen molar-refractivity contribution in [2.24, 2.45) is 5.11 Å². The first-order chi connectivity index (χ1) is 9.01. The second-order valence-corrected chi connectivity index (χ2v) is 4.77. The van der Waals surface area contributed by atoms with Crippen LogP contribution in [0.25, 0.3) is 10.4 Å². The number of aliphatic hydroxyl groups is 1. The third kappa shape index (κ3) is 4.54. The third-order valence-electron chi connectivity index (χ3n) is 3.30. The van der Waals surface area contributed by atoms with E-state index in [1.54, 1.807) is 6.92 Å². The summed E-state index contributed by atoms with van der Waals surface area (Å²) in [6, 6.07) is -0.600. The molecule has 7 heteroatoms. The van der Waals surface area contributed by atoms with Crippen LogP contribution in [0.5, 0.6) is 0 Å². The average molecular weight is 269 g/mol. The second kappa shape index (κ2) is 7.11. The molecule has 0 aromatic heterocycles. The quantitative estimate of drug-likeness (QED) is 0.261. The van der Waals surface area contributed by atoms with E-state index in [-0.39, 0.29) is 25.2 Å². The molecule has 1 aliphatic carbocycles. The highest BCUT2D eigenvalue weighted by Crippen LogP contribution is 2.34. The molecule has 0 radical (unpaired) electrons. The fraction of sp³-hybridized carbons (Fsp3) is 0.833. The maximum absolute atomic E-state index is 11.8. The lowest BCUT2D eigenvalue weighted by atomic mass is 9.77. The molecule has 0 aromatic carbocycles. The number of Topliss-reactive ketones (excluding diaryl/α,β-unsaturated/α-hetero) is 1. The molecule has 1 rings (SSSR count). The molecule has 106 valence electrons. The smallest absolute Gasteiger partial charge is 0.313 e. The van der Waals surface area contributed by atoms with Gasteiger partial charge in [0.2, 0.25) is 0 Å². The summed E-state index contributed by atoms with van der Waals surface area (Å²) in [6.45, 7) is 1.88. The first-order valence-corrected chi connectivity index (χ1v) is 6.45. The molecular weight excluding hydrogens is 250 g/mol. The average Bonchev–Trinajstić information content (AvgIpc) is 2.32. The van der Waals surface area contributed by atoms with Crippen LogP contribution in [0, 0.1) is 0 Å². The zero-order valence-electron chi connectivity index (χ0n) is 11.0. The Morgan fingerprint density at radius 2 is 2.26 bits per heavy atom. The molecule has 2 unspecified atom stereocenters. The summed E-state index contributed by atoms with van der Waals surface area (Å²) >= 11 is 0. The van der Waals surface area contributed by atoms with Crippen LogP contribution in [-0.2, 0) is 14.3 Å². The van der Waals surface area contributed by atoms with E-state index in [2.05, 4.69) is 14.8 Å². The van der Waals surface area contributed by atoms with Crippen LogP contribution in [0.3, 0.4) is 0 Å². The molecule has 0 aromatic rings. The fourth-order valence-corrected chi connectivity index (χ4v) is 2.41. The van der Waals surface area contributed by atoms with Gasteiger partial charge in [-0.15, -0.1) is 0 Å². The lowest BCUT2D eigenvalue weighted by molar-refractivity contribution is -0.146. The van der Waals surface area contributed by atoms with Crippen LogP contribution in [0.15, 0.2) is 5.11 Å². The summed E-state index contributed by atoms with van der Waals surface area (Å²) in [7, 11) is 0. The molecule has 1 fully saturated rings. The molecule has 0 spiro atoms. The zero-order chi connectivity index (χ0) is 14.3. The highest BCUT2D eigenvalue weighted by Gasteiger charge is 2.40. The summed E-state index contributed by atoms with van der Waals surface area (Å²) in [5, 5.41) is 14.0. The lowest BCUT2D eigenvalue weighted by Gasteiger charge is -2.37. The standard InChI is InChI=1S/C12H19N3O4/c1-2-19-11(17)7-9(16)8-12(18)6-4-3-5-10(12)14-15-13/h10,18H,2-8H2,1H3. The zero-order valence-corrected chi connectivity index (χ0v) is 11.0. The van der Waals surface area contributed by atoms with E-state index in [4.69, 9.17) is 5.53 Å². The molecule has 2 atom stereocenters. The van der Waals surface area contributed by atoms with Gasteiger partial charge in [0.25, 0.3) is 0 Å². The Hall–Kier alpha value is -1.59. The van der Waals surface area contributed by atoms with Crippen LogP contribution in [0.4, 0.5) is 0 Å². The molecule has 1 N–H and O–H groups in total. The van der Waals surface area contributed by atoms with Gasteiger partial charge >= 0.3 is 5.97 Å². The Morgan fingerprint density at radius 1 is 1.53 bits per heavy atom. The molecular formula is C12H19N3O4. The van der Waals surface area contributed by atoms with Crippen LogP contribution < -0.4 is 0 Å². The highest BCUT2D eigenvalue weighted by molar-refractivity contribution is 5.96. The minimum atomic E-state index is -1.33. The Labute approximate surface area is 111 Å². The lowest BCUT2D eigenvalue weighted by Crippen LogP contribution is -2.45. The summed E-state index contributed by atoms with van der Waals surface area (Å²) in [5.41, 5.74) is 7.16. The molecule has 0 bridgehead atoms. The number of hydrogen-bond acceptors (Lipinski definition) is 5. The first-order valence-electron chi connectivity index (χ1n) is 6.45. The van der Waals surface area contributed by atoms with Gasteiger partial charge in [0.05, 0.1) is 18.2 Å². The van der Waals surface area contributed by atoms with E-state index in [9.17, 15) is 14.7 Å². The molecule has 1 saturated carbocycles. The Kier molecular flexibility index (Phi) is 5.79. The summed E-state index contributed by atoms with van der Waals surface area (Å²) in [6.07, 6.45) is 2.09. The number of carbonyl (C=O) groups is 2. The predicted octanol–water partition coefficient (Wildman–Crippen LogP) is 1.88. The Balaban J connectivity index is 2.63. The van der Waals surface area contributed by atoms with Gasteiger partial charge in [-0.25, -0.2) is 0 Å². The SMILES string of the molecule is CCOC(=O)CC(=O)CC1(O)CCCCC1N=[N+]=[N-]. The van der Waals surface area contributed by atoms with Crippen molar-refractivity contribution >= 4 is 11.8 Å². The topological polar surface area (TPSA) is 112 Å². The van der Waals surface area contributed by atoms with Crippen molar-refractivity contribution in [2.75, 3.05) is 6.61 Å². The maximum Gasteiger partial charge on any atom is 0.313 e. The maximum atomic E-state index is 11.8. The predicted molar refractivity (Wildman–Crippen MR) is 67.2 cm³/mol. The van der Waals surface area contributed by atoms with Gasteiger partial charge in [0, 0.05) is 11.3 Å². The molecule has 1 aliphatic rings. The van der Waals surface area contributed by atoms with Gasteiger partial charge in [-0.3, -0.25) is 9.59 Å². The molecule has 0 heterocycles. The number of esters is 1. The van der Waals surface area contributed by atoms with Gasteiger partial charge in [-0.2, -0.15) is 0 Å². The third-order valence-corrected chi connectivity index (χ3v) is 3.30. The van der Waals surface area contributed by atoms with Crippen molar-refractivity contribution in [3.05, 3.63) is 10.4 Å². The van der Waals surface area contributed by atoms with Gasteiger partial charge in [0.1, 0.15) is 12.2 Å². The minimum absolute atomic E-state index is 0.171. The van der Waals surface area contributed by atoms with E-state index in [1.165, 1.54) is 0 Å². The van der Waals surface area contributed by atoms with E-state index in [0.29, 0.717) is 12.8 Å². The van der Waals surface area contributed by atoms with E-state index < -0.39 is 17.6 Å². The summed E-state index contributed by atoms with van der Waals surface area (Å²) in [4.78, 5) is 25.7. The molecule has 0 amide bonds. The van der Waals surface area contributed by atoms with Gasteiger partial charge in [-0.1, -0.05) is 18.0 Å². The van der Waals surface area contributed by atoms with Crippen molar-refractivity contribution in [1.82, 2.24) is 0 Å². The van der Waals surface area contributed by atoms with Crippen LogP contribution >= 0.6 is 0 Å². The first kappa shape index (κ1) is 15.5. The largest absolute Gasteiger partial charge is 0.466 e. The van der Waals surface area contributed by atoms with Crippen LogP contribution in [0.1, 0.15) is 45.4 Å². The van der Waals surface area contributed by atoms with Crippen molar-refractivity contribution in [2.45, 2.75) is 57.1 Å². The number of nitrogens with zero attached hydrogens (tertiary/aromatic N) is 3. The van der Waals surface area contributed by atoms with E-state index in [1.807, 2.05) is 0 Å². The number of carbonyl (C=O) groups excluding carboxylic acids is 2. The Morgan fingerprint density at radius 3 is 2.89 bits per heavy atom. The summed E-state index contributed by atoms with van der Waals surface area (Å²) < 4.78 is 4.69.